The van der Waals surface area contributed by atoms with Crippen molar-refractivity contribution in [3.05, 3.63) is 30.3 Å². The van der Waals surface area contributed by atoms with Crippen molar-refractivity contribution >= 4 is 21.8 Å². The SMILES string of the molecule is CN(CCNC(=O)[C@@H]1CCCN(S(=O)(=O)N(C)C)C1)c1ccccc1. The van der Waals surface area contributed by atoms with Crippen LogP contribution in [0, 0.1) is 5.92 Å². The third-order valence-corrected chi connectivity index (χ3v) is 6.39. The van der Waals surface area contributed by atoms with Crippen molar-refractivity contribution in [3.8, 4) is 0 Å². The Labute approximate surface area is 150 Å². The monoisotopic (exact) mass is 368 g/mol. The number of para-hydroxylation sites is 1. The average Bonchev–Trinajstić information content (AvgIpc) is 2.62. The number of nitrogens with zero attached hydrogens (tertiary/aromatic N) is 3. The van der Waals surface area contributed by atoms with Crippen LogP contribution in [-0.2, 0) is 15.0 Å². The van der Waals surface area contributed by atoms with E-state index in [1.54, 1.807) is 0 Å². The fourth-order valence-electron chi connectivity index (χ4n) is 2.90. The number of piperidine rings is 1. The Hall–Kier alpha value is -1.64. The van der Waals surface area contributed by atoms with E-state index in [0.29, 0.717) is 26.1 Å². The summed E-state index contributed by atoms with van der Waals surface area (Å²) in [4.78, 5) is 14.5. The molecule has 1 heterocycles. The van der Waals surface area contributed by atoms with Crippen LogP contribution in [0.25, 0.3) is 0 Å². The van der Waals surface area contributed by atoms with Crippen LogP contribution in [0.5, 0.6) is 0 Å². The summed E-state index contributed by atoms with van der Waals surface area (Å²) in [7, 11) is 1.55. The van der Waals surface area contributed by atoms with E-state index >= 15 is 0 Å². The van der Waals surface area contributed by atoms with Crippen LogP contribution in [0.1, 0.15) is 12.8 Å². The summed E-state index contributed by atoms with van der Waals surface area (Å²) in [6, 6.07) is 9.97. The van der Waals surface area contributed by atoms with E-state index in [2.05, 4.69) is 10.2 Å². The minimum absolute atomic E-state index is 0.0693. The summed E-state index contributed by atoms with van der Waals surface area (Å²) in [6.45, 7) is 1.95. The zero-order valence-electron chi connectivity index (χ0n) is 15.2. The van der Waals surface area contributed by atoms with E-state index in [4.69, 9.17) is 0 Å². The predicted molar refractivity (Wildman–Crippen MR) is 99.6 cm³/mol. The highest BCUT2D eigenvalue weighted by Crippen LogP contribution is 2.20. The minimum Gasteiger partial charge on any atom is -0.373 e. The Morgan fingerprint density at radius 2 is 1.92 bits per heavy atom. The molecule has 0 bridgehead atoms. The second kappa shape index (κ2) is 8.64. The molecule has 0 spiro atoms. The van der Waals surface area contributed by atoms with Gasteiger partial charge in [-0.15, -0.1) is 0 Å². The first-order valence-electron chi connectivity index (χ1n) is 8.54. The van der Waals surface area contributed by atoms with Crippen LogP contribution in [0.2, 0.25) is 0 Å². The fourth-order valence-corrected chi connectivity index (χ4v) is 4.09. The van der Waals surface area contributed by atoms with Crippen LogP contribution < -0.4 is 10.2 Å². The molecule has 2 rings (SSSR count). The van der Waals surface area contributed by atoms with E-state index in [1.807, 2.05) is 37.4 Å². The maximum absolute atomic E-state index is 12.4. The number of carbonyl (C=O) groups excluding carboxylic acids is 1. The number of carbonyl (C=O) groups is 1. The standard InChI is InChI=1S/C17H28N4O3S/c1-19(2)25(23,24)21-12-7-8-15(14-21)17(22)18-11-13-20(3)16-9-5-4-6-10-16/h4-6,9-10,15H,7-8,11-14H2,1-3H3,(H,18,22)/t15-/m1/s1. The molecule has 0 unspecified atom stereocenters. The molecule has 1 saturated heterocycles. The lowest BCUT2D eigenvalue weighted by atomic mass is 9.99. The molecule has 1 amide bonds. The van der Waals surface area contributed by atoms with Gasteiger partial charge in [-0.1, -0.05) is 18.2 Å². The normalized spacial score (nSPS) is 19.0. The second-order valence-corrected chi connectivity index (χ2v) is 8.68. The zero-order valence-corrected chi connectivity index (χ0v) is 16.0. The molecular formula is C17H28N4O3S. The van der Waals surface area contributed by atoms with Crippen LogP contribution >= 0.6 is 0 Å². The third kappa shape index (κ3) is 5.17. The molecule has 1 aliphatic heterocycles. The van der Waals surface area contributed by atoms with Gasteiger partial charge >= 0.3 is 0 Å². The Kier molecular flexibility index (Phi) is 6.80. The van der Waals surface area contributed by atoms with Crippen LogP contribution in [0.3, 0.4) is 0 Å². The third-order valence-electron chi connectivity index (χ3n) is 4.49. The molecule has 1 fully saturated rings. The number of hydrogen-bond acceptors (Lipinski definition) is 4. The van der Waals surface area contributed by atoms with E-state index in [9.17, 15) is 13.2 Å². The first-order valence-corrected chi connectivity index (χ1v) is 9.93. The number of hydrogen-bond donors (Lipinski definition) is 1. The lowest BCUT2D eigenvalue weighted by molar-refractivity contribution is -0.126. The minimum atomic E-state index is -3.46. The van der Waals surface area contributed by atoms with Gasteiger partial charge < -0.3 is 10.2 Å². The molecular weight excluding hydrogens is 340 g/mol. The summed E-state index contributed by atoms with van der Waals surface area (Å²) >= 11 is 0. The quantitative estimate of drug-likeness (QED) is 0.771. The molecule has 1 atom stereocenters. The highest BCUT2D eigenvalue weighted by molar-refractivity contribution is 7.86. The maximum Gasteiger partial charge on any atom is 0.281 e. The first-order chi connectivity index (χ1) is 11.8. The Bertz CT molecular complexity index is 664. The summed E-state index contributed by atoms with van der Waals surface area (Å²) in [5, 5.41) is 2.94. The molecule has 25 heavy (non-hydrogen) atoms. The summed E-state index contributed by atoms with van der Waals surface area (Å²) in [6.07, 6.45) is 1.43. The van der Waals surface area contributed by atoms with Gasteiger partial charge in [0.15, 0.2) is 0 Å². The van der Waals surface area contributed by atoms with E-state index in [1.165, 1.54) is 22.7 Å². The van der Waals surface area contributed by atoms with Gasteiger partial charge in [-0.25, -0.2) is 0 Å². The molecule has 1 aromatic rings. The van der Waals surface area contributed by atoms with Crippen molar-refractivity contribution in [2.45, 2.75) is 12.8 Å². The van der Waals surface area contributed by atoms with Crippen molar-refractivity contribution < 1.29 is 13.2 Å². The lowest BCUT2D eigenvalue weighted by Gasteiger charge is -2.32. The summed E-state index contributed by atoms with van der Waals surface area (Å²) < 4.78 is 27.1. The van der Waals surface area contributed by atoms with E-state index in [-0.39, 0.29) is 18.4 Å². The molecule has 1 aromatic carbocycles. The molecule has 1 aliphatic rings. The number of benzene rings is 1. The Balaban J connectivity index is 1.82. The van der Waals surface area contributed by atoms with E-state index in [0.717, 1.165) is 12.1 Å². The molecule has 0 radical (unpaired) electrons. The largest absolute Gasteiger partial charge is 0.373 e. The first kappa shape index (κ1) is 19.7. The smallest absolute Gasteiger partial charge is 0.281 e. The second-order valence-electron chi connectivity index (χ2n) is 6.54. The number of rotatable bonds is 7. The number of nitrogens with one attached hydrogen (secondary N) is 1. The van der Waals surface area contributed by atoms with Gasteiger partial charge in [0, 0.05) is 53.0 Å². The van der Waals surface area contributed by atoms with Crippen LogP contribution in [0.15, 0.2) is 30.3 Å². The average molecular weight is 369 g/mol. The van der Waals surface area contributed by atoms with Gasteiger partial charge in [-0.2, -0.15) is 17.0 Å². The topological polar surface area (TPSA) is 73.0 Å². The highest BCUT2D eigenvalue weighted by Gasteiger charge is 2.33. The maximum atomic E-state index is 12.4. The predicted octanol–water partition coefficient (Wildman–Crippen LogP) is 0.757. The van der Waals surface area contributed by atoms with Gasteiger partial charge in [-0.3, -0.25) is 4.79 Å². The Morgan fingerprint density at radius 3 is 2.56 bits per heavy atom. The zero-order chi connectivity index (χ0) is 18.4. The molecule has 7 nitrogen and oxygen atoms in total. The summed E-state index contributed by atoms with van der Waals surface area (Å²) in [5.41, 5.74) is 1.10. The van der Waals surface area contributed by atoms with Crippen LogP contribution in [0.4, 0.5) is 5.69 Å². The molecule has 8 heteroatoms. The van der Waals surface area contributed by atoms with Gasteiger partial charge in [-0.05, 0) is 25.0 Å². The van der Waals surface area contributed by atoms with Gasteiger partial charge in [0.05, 0.1) is 5.92 Å². The van der Waals surface area contributed by atoms with Crippen molar-refractivity contribution in [1.82, 2.24) is 13.9 Å². The Morgan fingerprint density at radius 1 is 1.24 bits per heavy atom. The molecule has 1 N–H and O–H groups in total. The number of likely N-dealkylation sites (N-methyl/N-ethyl adjacent to an activating group) is 1. The van der Waals surface area contributed by atoms with Crippen molar-refractivity contribution in [2.24, 2.45) is 5.92 Å². The summed E-state index contributed by atoms with van der Waals surface area (Å²) in [5.74, 6) is -0.356. The lowest BCUT2D eigenvalue weighted by Crippen LogP contribution is -2.49. The van der Waals surface area contributed by atoms with Crippen molar-refractivity contribution in [3.63, 3.8) is 0 Å². The fraction of sp³-hybridized carbons (Fsp3) is 0.588. The number of amides is 1. The highest BCUT2D eigenvalue weighted by atomic mass is 32.2. The van der Waals surface area contributed by atoms with Crippen LogP contribution in [-0.4, -0.2) is 70.3 Å². The van der Waals surface area contributed by atoms with Crippen molar-refractivity contribution in [1.29, 1.82) is 0 Å². The molecule has 0 saturated carbocycles. The molecule has 0 aliphatic carbocycles. The van der Waals surface area contributed by atoms with E-state index < -0.39 is 10.2 Å². The van der Waals surface area contributed by atoms with Gasteiger partial charge in [0.2, 0.25) is 5.91 Å². The van der Waals surface area contributed by atoms with Gasteiger partial charge in [0.1, 0.15) is 0 Å². The molecule has 140 valence electrons. The van der Waals surface area contributed by atoms with Gasteiger partial charge in [0.25, 0.3) is 10.2 Å². The molecule has 0 aromatic heterocycles. The van der Waals surface area contributed by atoms with Crippen molar-refractivity contribution in [2.75, 3.05) is 52.2 Å². The number of anilines is 1.